The van der Waals surface area contributed by atoms with Crippen molar-refractivity contribution in [3.8, 4) is 11.5 Å². The minimum Gasteiger partial charge on any atom is -0.493 e. The van der Waals surface area contributed by atoms with Crippen molar-refractivity contribution in [2.75, 3.05) is 20.3 Å². The lowest BCUT2D eigenvalue weighted by atomic mass is 9.99. The van der Waals surface area contributed by atoms with E-state index in [9.17, 15) is 14.9 Å². The molecule has 0 aliphatic carbocycles. The van der Waals surface area contributed by atoms with Crippen LogP contribution in [0, 0.1) is 10.1 Å². The summed E-state index contributed by atoms with van der Waals surface area (Å²) in [5, 5.41) is 17.5. The molecule has 0 spiro atoms. The minimum absolute atomic E-state index is 0.0259. The smallest absolute Gasteiger partial charge is 0.286 e. The minimum atomic E-state index is -0.588. The van der Waals surface area contributed by atoms with Crippen LogP contribution < -0.4 is 20.1 Å². The Kier molecular flexibility index (Phi) is 5.97. The summed E-state index contributed by atoms with van der Waals surface area (Å²) in [5.41, 5.74) is -0.328. The van der Waals surface area contributed by atoms with Crippen molar-refractivity contribution in [1.29, 1.82) is 0 Å². The maximum Gasteiger partial charge on any atom is 0.286 e. The Balaban J connectivity index is 2.33. The molecule has 1 saturated heterocycles. The number of hydrogen-bond acceptors (Lipinski definition) is 6. The van der Waals surface area contributed by atoms with Gasteiger partial charge in [-0.25, -0.2) is 0 Å². The number of ether oxygens (including phenoxy) is 2. The number of methoxy groups -OCH3 is 1. The van der Waals surface area contributed by atoms with E-state index in [0.29, 0.717) is 12.4 Å². The van der Waals surface area contributed by atoms with Crippen LogP contribution in [0.5, 0.6) is 11.5 Å². The molecule has 1 aromatic rings. The number of carbonyl (C=O) groups is 1. The Hall–Kier alpha value is -2.35. The molecule has 0 bridgehead atoms. The number of nitrogens with one attached hydrogen (secondary N) is 2. The molecule has 2 N–H and O–H groups in total. The van der Waals surface area contributed by atoms with Crippen LogP contribution in [-0.4, -0.2) is 43.2 Å². The molecule has 2 atom stereocenters. The third-order valence-electron chi connectivity index (χ3n) is 4.10. The average molecular weight is 337 g/mol. The van der Waals surface area contributed by atoms with Crippen LogP contribution in [0.4, 0.5) is 5.69 Å². The van der Waals surface area contributed by atoms with E-state index in [-0.39, 0.29) is 29.1 Å². The lowest BCUT2D eigenvalue weighted by molar-refractivity contribution is -0.385. The molecule has 132 valence electrons. The molecule has 0 saturated carbocycles. The molecule has 2 unspecified atom stereocenters. The van der Waals surface area contributed by atoms with Gasteiger partial charge in [-0.05, 0) is 33.2 Å². The third-order valence-corrected chi connectivity index (χ3v) is 4.10. The standard InChI is InChI=1S/C16H23N3O5/c1-4-24-15-8-11(13(19(21)22)9-14(15)23-3)16(20)18-12-6-5-7-17-10(12)2/h8-10,12,17H,4-7H2,1-3H3,(H,18,20). The fraction of sp³-hybridized carbons (Fsp3) is 0.562. The molecule has 1 amide bonds. The van der Waals surface area contributed by atoms with Crippen LogP contribution in [-0.2, 0) is 0 Å². The summed E-state index contributed by atoms with van der Waals surface area (Å²) in [5.74, 6) is 0.0595. The van der Waals surface area contributed by atoms with Crippen molar-refractivity contribution in [3.63, 3.8) is 0 Å². The molecular formula is C16H23N3O5. The van der Waals surface area contributed by atoms with E-state index in [1.165, 1.54) is 19.2 Å². The summed E-state index contributed by atoms with van der Waals surface area (Å²) in [6.07, 6.45) is 1.78. The number of hydrogen-bond donors (Lipinski definition) is 2. The van der Waals surface area contributed by atoms with Gasteiger partial charge in [-0.1, -0.05) is 0 Å². The molecule has 1 heterocycles. The van der Waals surface area contributed by atoms with E-state index >= 15 is 0 Å². The lowest BCUT2D eigenvalue weighted by Crippen LogP contribution is -2.51. The van der Waals surface area contributed by atoms with Gasteiger partial charge < -0.3 is 20.1 Å². The Morgan fingerprint density at radius 2 is 2.21 bits per heavy atom. The average Bonchev–Trinajstić information content (AvgIpc) is 2.56. The second-order valence-electron chi connectivity index (χ2n) is 5.68. The van der Waals surface area contributed by atoms with Gasteiger partial charge in [-0.15, -0.1) is 0 Å². The first-order valence-corrected chi connectivity index (χ1v) is 8.01. The van der Waals surface area contributed by atoms with E-state index in [4.69, 9.17) is 9.47 Å². The largest absolute Gasteiger partial charge is 0.493 e. The molecule has 2 rings (SSSR count). The summed E-state index contributed by atoms with van der Waals surface area (Å²) >= 11 is 0. The van der Waals surface area contributed by atoms with Crippen molar-refractivity contribution < 1.29 is 19.2 Å². The zero-order chi connectivity index (χ0) is 17.7. The SMILES string of the molecule is CCOc1cc(C(=O)NC2CCCNC2C)c([N+](=O)[O-])cc1OC. The monoisotopic (exact) mass is 337 g/mol. The van der Waals surface area contributed by atoms with Gasteiger partial charge in [0.15, 0.2) is 11.5 Å². The summed E-state index contributed by atoms with van der Waals surface area (Å²) < 4.78 is 10.5. The Labute approximate surface area is 140 Å². The van der Waals surface area contributed by atoms with Crippen LogP contribution in [0.3, 0.4) is 0 Å². The molecule has 8 nitrogen and oxygen atoms in total. The van der Waals surface area contributed by atoms with E-state index in [1.807, 2.05) is 6.92 Å². The molecule has 8 heteroatoms. The van der Waals surface area contributed by atoms with Crippen molar-refractivity contribution in [3.05, 3.63) is 27.8 Å². The van der Waals surface area contributed by atoms with Crippen LogP contribution in [0.25, 0.3) is 0 Å². The van der Waals surface area contributed by atoms with E-state index < -0.39 is 10.8 Å². The maximum atomic E-state index is 12.6. The Morgan fingerprint density at radius 1 is 1.46 bits per heavy atom. The number of piperidine rings is 1. The predicted molar refractivity (Wildman–Crippen MR) is 88.8 cm³/mol. The van der Waals surface area contributed by atoms with Crippen LogP contribution in [0.1, 0.15) is 37.0 Å². The van der Waals surface area contributed by atoms with E-state index in [0.717, 1.165) is 19.4 Å². The van der Waals surface area contributed by atoms with Crippen molar-refractivity contribution in [1.82, 2.24) is 10.6 Å². The molecule has 1 fully saturated rings. The fourth-order valence-corrected chi connectivity index (χ4v) is 2.80. The molecule has 0 aromatic heterocycles. The highest BCUT2D eigenvalue weighted by molar-refractivity contribution is 5.99. The molecular weight excluding hydrogens is 314 g/mol. The number of nitrogens with zero attached hydrogens (tertiary/aromatic N) is 1. The third kappa shape index (κ3) is 3.94. The predicted octanol–water partition coefficient (Wildman–Crippen LogP) is 1.87. The Bertz CT molecular complexity index is 620. The number of rotatable bonds is 6. The normalized spacial score (nSPS) is 20.3. The first-order valence-electron chi connectivity index (χ1n) is 8.01. The highest BCUT2D eigenvalue weighted by Gasteiger charge is 2.28. The summed E-state index contributed by atoms with van der Waals surface area (Å²) in [4.78, 5) is 23.3. The van der Waals surface area contributed by atoms with Gasteiger partial charge in [-0.3, -0.25) is 14.9 Å². The van der Waals surface area contributed by atoms with Gasteiger partial charge in [-0.2, -0.15) is 0 Å². The van der Waals surface area contributed by atoms with Crippen molar-refractivity contribution in [2.45, 2.75) is 38.8 Å². The maximum absolute atomic E-state index is 12.6. The summed E-state index contributed by atoms with van der Waals surface area (Å²) in [6, 6.07) is 2.65. The number of benzene rings is 1. The molecule has 1 aliphatic heterocycles. The number of carbonyl (C=O) groups excluding carboxylic acids is 1. The van der Waals surface area contributed by atoms with E-state index in [2.05, 4.69) is 10.6 Å². The lowest BCUT2D eigenvalue weighted by Gasteiger charge is -2.30. The number of nitro groups is 1. The summed E-state index contributed by atoms with van der Waals surface area (Å²) in [7, 11) is 1.40. The molecule has 1 aliphatic rings. The highest BCUT2D eigenvalue weighted by atomic mass is 16.6. The number of nitro benzene ring substituents is 1. The second kappa shape index (κ2) is 7.96. The second-order valence-corrected chi connectivity index (χ2v) is 5.68. The highest BCUT2D eigenvalue weighted by Crippen LogP contribution is 2.34. The van der Waals surface area contributed by atoms with Crippen molar-refractivity contribution in [2.24, 2.45) is 0 Å². The summed E-state index contributed by atoms with van der Waals surface area (Å²) in [6.45, 7) is 5.04. The van der Waals surface area contributed by atoms with E-state index in [1.54, 1.807) is 6.92 Å². The zero-order valence-electron chi connectivity index (χ0n) is 14.1. The van der Waals surface area contributed by atoms with Gasteiger partial charge in [0, 0.05) is 18.2 Å². The number of amides is 1. The van der Waals surface area contributed by atoms with Gasteiger partial charge in [0.25, 0.3) is 11.6 Å². The zero-order valence-corrected chi connectivity index (χ0v) is 14.1. The first kappa shape index (κ1) is 18.0. The van der Waals surface area contributed by atoms with Gasteiger partial charge in [0.1, 0.15) is 5.56 Å². The van der Waals surface area contributed by atoms with Crippen LogP contribution in [0.15, 0.2) is 12.1 Å². The first-order chi connectivity index (χ1) is 11.5. The van der Waals surface area contributed by atoms with Gasteiger partial charge in [0.2, 0.25) is 0 Å². The van der Waals surface area contributed by atoms with Crippen LogP contribution in [0.2, 0.25) is 0 Å². The molecule has 1 aromatic carbocycles. The molecule has 0 radical (unpaired) electrons. The van der Waals surface area contributed by atoms with Crippen molar-refractivity contribution >= 4 is 11.6 Å². The van der Waals surface area contributed by atoms with Gasteiger partial charge >= 0.3 is 0 Å². The Morgan fingerprint density at radius 3 is 2.79 bits per heavy atom. The van der Waals surface area contributed by atoms with Crippen LogP contribution >= 0.6 is 0 Å². The van der Waals surface area contributed by atoms with Gasteiger partial charge in [0.05, 0.1) is 24.7 Å². The topological polar surface area (TPSA) is 103 Å². The quantitative estimate of drug-likeness (QED) is 0.607. The fourth-order valence-electron chi connectivity index (χ4n) is 2.80. The molecule has 24 heavy (non-hydrogen) atoms.